The van der Waals surface area contributed by atoms with Crippen molar-refractivity contribution < 1.29 is 14.3 Å². The third-order valence-corrected chi connectivity index (χ3v) is 3.66. The van der Waals surface area contributed by atoms with Crippen LogP contribution in [-0.2, 0) is 14.3 Å². The number of hydrogen-bond donors (Lipinski definition) is 0. The number of carbonyl (C=O) groups is 2. The average molecular weight is 271 g/mol. The molecule has 0 saturated heterocycles. The van der Waals surface area contributed by atoms with Crippen molar-refractivity contribution in [3.63, 3.8) is 0 Å². The second kappa shape index (κ2) is 9.08. The van der Waals surface area contributed by atoms with E-state index in [4.69, 9.17) is 4.74 Å². The zero-order chi connectivity index (χ0) is 15.0. The molecule has 0 aromatic heterocycles. The van der Waals surface area contributed by atoms with E-state index in [-0.39, 0.29) is 18.1 Å². The minimum atomic E-state index is -0.228. The largest absolute Gasteiger partial charge is 0.379 e. The van der Waals surface area contributed by atoms with Gasteiger partial charge in [0.2, 0.25) is 5.91 Å². The molecule has 0 aromatic carbocycles. The van der Waals surface area contributed by atoms with Gasteiger partial charge < -0.3 is 14.4 Å². The zero-order valence-electron chi connectivity index (χ0n) is 13.2. The molecule has 1 amide bonds. The van der Waals surface area contributed by atoms with Gasteiger partial charge in [0.25, 0.3) is 0 Å². The van der Waals surface area contributed by atoms with Gasteiger partial charge in [-0.1, -0.05) is 34.1 Å². The second-order valence-electron chi connectivity index (χ2n) is 5.66. The second-order valence-corrected chi connectivity index (χ2v) is 5.66. The summed E-state index contributed by atoms with van der Waals surface area (Å²) in [5, 5.41) is 0. The minimum Gasteiger partial charge on any atom is -0.379 e. The monoisotopic (exact) mass is 271 g/mol. The van der Waals surface area contributed by atoms with Crippen molar-refractivity contribution in [3.05, 3.63) is 0 Å². The van der Waals surface area contributed by atoms with Gasteiger partial charge in [-0.25, -0.2) is 0 Å². The zero-order valence-corrected chi connectivity index (χ0v) is 13.2. The maximum absolute atomic E-state index is 12.2. The fraction of sp³-hybridized carbons (Fsp3) is 0.867. The Balaban J connectivity index is 5.00. The van der Waals surface area contributed by atoms with Gasteiger partial charge in [0.05, 0.1) is 12.1 Å². The predicted octanol–water partition coefficient (Wildman–Crippen LogP) is 2.51. The van der Waals surface area contributed by atoms with Gasteiger partial charge >= 0.3 is 0 Å². The first-order valence-corrected chi connectivity index (χ1v) is 7.11. The molecule has 0 spiro atoms. The molecule has 0 saturated carbocycles. The fourth-order valence-electron chi connectivity index (χ4n) is 2.37. The van der Waals surface area contributed by atoms with Crippen LogP contribution < -0.4 is 0 Å². The number of hydrogen-bond acceptors (Lipinski definition) is 3. The molecule has 112 valence electrons. The third-order valence-electron chi connectivity index (χ3n) is 3.66. The molecule has 0 N–H and O–H groups in total. The third kappa shape index (κ3) is 5.72. The standard InChI is InChI=1S/C15H29NO3/c1-7-12(4)15(13(19-6)8-9-17)16(5)14(18)10-11(2)3/h9,11-13,15H,7-8,10H2,1-6H3/t12-,13?,15?/m0/s1. The summed E-state index contributed by atoms with van der Waals surface area (Å²) < 4.78 is 5.43. The van der Waals surface area contributed by atoms with E-state index in [0.717, 1.165) is 12.7 Å². The molecule has 0 rings (SSSR count). The number of likely N-dealkylation sites (N-methyl/N-ethyl adjacent to an activating group) is 1. The first-order valence-electron chi connectivity index (χ1n) is 7.11. The van der Waals surface area contributed by atoms with Crippen molar-refractivity contribution in [2.75, 3.05) is 14.2 Å². The molecule has 19 heavy (non-hydrogen) atoms. The van der Waals surface area contributed by atoms with Crippen LogP contribution in [0.1, 0.15) is 47.0 Å². The Morgan fingerprint density at radius 1 is 1.32 bits per heavy atom. The Labute approximate surface area is 117 Å². The topological polar surface area (TPSA) is 46.6 Å². The first-order chi connectivity index (χ1) is 8.88. The lowest BCUT2D eigenvalue weighted by molar-refractivity contribution is -0.138. The molecule has 0 bridgehead atoms. The van der Waals surface area contributed by atoms with Gasteiger partial charge in [-0.2, -0.15) is 0 Å². The molecular formula is C15H29NO3. The lowest BCUT2D eigenvalue weighted by Gasteiger charge is -2.37. The van der Waals surface area contributed by atoms with Gasteiger partial charge in [-0.3, -0.25) is 4.79 Å². The van der Waals surface area contributed by atoms with E-state index >= 15 is 0 Å². The van der Waals surface area contributed by atoms with Crippen LogP contribution >= 0.6 is 0 Å². The maximum Gasteiger partial charge on any atom is 0.222 e. The molecule has 4 nitrogen and oxygen atoms in total. The van der Waals surface area contributed by atoms with E-state index in [1.165, 1.54) is 0 Å². The van der Waals surface area contributed by atoms with E-state index in [2.05, 4.69) is 13.8 Å². The number of amides is 1. The molecule has 0 heterocycles. The van der Waals surface area contributed by atoms with Crippen LogP contribution in [-0.4, -0.2) is 43.4 Å². The predicted molar refractivity (Wildman–Crippen MR) is 76.9 cm³/mol. The molecule has 0 aromatic rings. The van der Waals surface area contributed by atoms with Crippen LogP contribution in [0.15, 0.2) is 0 Å². The van der Waals surface area contributed by atoms with E-state index in [0.29, 0.717) is 24.7 Å². The Bertz CT molecular complexity index is 279. The number of ether oxygens (including phenoxy) is 1. The highest BCUT2D eigenvalue weighted by Crippen LogP contribution is 2.22. The van der Waals surface area contributed by atoms with Crippen LogP contribution in [0.4, 0.5) is 0 Å². The highest BCUT2D eigenvalue weighted by Gasteiger charge is 2.32. The van der Waals surface area contributed by atoms with Crippen molar-refractivity contribution in [2.24, 2.45) is 11.8 Å². The molecule has 0 fully saturated rings. The molecule has 0 aliphatic rings. The van der Waals surface area contributed by atoms with Crippen LogP contribution in [0.25, 0.3) is 0 Å². The van der Waals surface area contributed by atoms with Crippen molar-refractivity contribution in [2.45, 2.75) is 59.1 Å². The Morgan fingerprint density at radius 2 is 1.89 bits per heavy atom. The van der Waals surface area contributed by atoms with Crippen molar-refractivity contribution in [3.8, 4) is 0 Å². The summed E-state index contributed by atoms with van der Waals surface area (Å²) in [5.41, 5.74) is 0. The molecule has 0 aliphatic heterocycles. The van der Waals surface area contributed by atoms with Gasteiger partial charge in [0, 0.05) is 27.0 Å². The Morgan fingerprint density at radius 3 is 2.26 bits per heavy atom. The highest BCUT2D eigenvalue weighted by atomic mass is 16.5. The quantitative estimate of drug-likeness (QED) is 0.605. The first kappa shape index (κ1) is 18.1. The highest BCUT2D eigenvalue weighted by molar-refractivity contribution is 5.76. The number of carbonyl (C=O) groups excluding carboxylic acids is 2. The SMILES string of the molecule is CC[C@H](C)C(C(CC=O)OC)N(C)C(=O)CC(C)C. The number of nitrogens with zero attached hydrogens (tertiary/aromatic N) is 1. The van der Waals surface area contributed by atoms with Gasteiger partial charge in [-0.05, 0) is 11.8 Å². The summed E-state index contributed by atoms with van der Waals surface area (Å²) in [7, 11) is 3.42. The summed E-state index contributed by atoms with van der Waals surface area (Å²) in [6, 6.07) is -0.0496. The Kier molecular flexibility index (Phi) is 8.65. The molecule has 2 unspecified atom stereocenters. The molecule has 0 aliphatic carbocycles. The maximum atomic E-state index is 12.2. The van der Waals surface area contributed by atoms with Crippen LogP contribution in [0.3, 0.4) is 0 Å². The minimum absolute atomic E-state index is 0.0496. The fourth-order valence-corrected chi connectivity index (χ4v) is 2.37. The average Bonchev–Trinajstić information content (AvgIpc) is 2.36. The van der Waals surface area contributed by atoms with Crippen molar-refractivity contribution in [1.29, 1.82) is 0 Å². The van der Waals surface area contributed by atoms with Crippen LogP contribution in [0.2, 0.25) is 0 Å². The number of rotatable bonds is 9. The number of aldehydes is 1. The lowest BCUT2D eigenvalue weighted by atomic mass is 9.91. The summed E-state index contributed by atoms with van der Waals surface area (Å²) in [6.07, 6.45) is 2.44. The summed E-state index contributed by atoms with van der Waals surface area (Å²) in [6.45, 7) is 8.25. The smallest absolute Gasteiger partial charge is 0.222 e. The van der Waals surface area contributed by atoms with E-state index in [1.54, 1.807) is 12.0 Å². The molecule has 3 atom stereocenters. The van der Waals surface area contributed by atoms with Gasteiger partial charge in [-0.15, -0.1) is 0 Å². The summed E-state index contributed by atoms with van der Waals surface area (Å²) >= 11 is 0. The lowest BCUT2D eigenvalue weighted by Crippen LogP contribution is -2.49. The van der Waals surface area contributed by atoms with Crippen LogP contribution in [0.5, 0.6) is 0 Å². The van der Waals surface area contributed by atoms with Crippen molar-refractivity contribution >= 4 is 12.2 Å². The van der Waals surface area contributed by atoms with E-state index < -0.39 is 0 Å². The number of methoxy groups -OCH3 is 1. The molecule has 0 radical (unpaired) electrons. The van der Waals surface area contributed by atoms with Gasteiger partial charge in [0.1, 0.15) is 6.29 Å². The van der Waals surface area contributed by atoms with E-state index in [1.807, 2.05) is 20.9 Å². The van der Waals surface area contributed by atoms with Gasteiger partial charge in [0.15, 0.2) is 0 Å². The summed E-state index contributed by atoms with van der Waals surface area (Å²) in [4.78, 5) is 24.8. The molecule has 4 heteroatoms. The Hall–Kier alpha value is -0.900. The normalized spacial score (nSPS) is 15.9. The van der Waals surface area contributed by atoms with Crippen molar-refractivity contribution in [1.82, 2.24) is 4.90 Å². The van der Waals surface area contributed by atoms with E-state index in [9.17, 15) is 9.59 Å². The summed E-state index contributed by atoms with van der Waals surface area (Å²) in [5.74, 6) is 0.749. The molecular weight excluding hydrogens is 242 g/mol. The van der Waals surface area contributed by atoms with Crippen LogP contribution in [0, 0.1) is 11.8 Å².